The number of likely N-dealkylation sites (tertiary alicyclic amines) is 1. The van der Waals surface area contributed by atoms with Crippen LogP contribution in [0.4, 0.5) is 0 Å². The Kier molecular flexibility index (Phi) is 6.92. The standard InChI is InChI=1S/C16H27N3O2/c1-20-11-9-17-12-15-7-3-4-10-19(15)13-14-6-5-8-16(18-14)21-2/h5-6,8,15,17H,3-4,7,9-13H2,1-2H3. The van der Waals surface area contributed by atoms with Gasteiger partial charge in [0.1, 0.15) is 0 Å². The van der Waals surface area contributed by atoms with Crippen LogP contribution in [0.1, 0.15) is 25.0 Å². The molecule has 1 aliphatic heterocycles. The summed E-state index contributed by atoms with van der Waals surface area (Å²) >= 11 is 0. The van der Waals surface area contributed by atoms with Gasteiger partial charge in [-0.3, -0.25) is 4.90 Å². The fourth-order valence-corrected chi connectivity index (χ4v) is 2.81. The molecule has 0 aromatic carbocycles. The van der Waals surface area contributed by atoms with Gasteiger partial charge in [-0.1, -0.05) is 12.5 Å². The lowest BCUT2D eigenvalue weighted by Gasteiger charge is -2.35. The molecule has 0 saturated carbocycles. The molecular formula is C16H27N3O2. The molecule has 1 fully saturated rings. The highest BCUT2D eigenvalue weighted by molar-refractivity contribution is 5.15. The number of aromatic nitrogens is 1. The molecule has 1 aromatic heterocycles. The molecule has 2 rings (SSSR count). The highest BCUT2D eigenvalue weighted by Gasteiger charge is 2.22. The van der Waals surface area contributed by atoms with Gasteiger partial charge in [0.05, 0.1) is 19.4 Å². The lowest BCUT2D eigenvalue weighted by molar-refractivity contribution is 0.131. The van der Waals surface area contributed by atoms with Crippen LogP contribution < -0.4 is 10.1 Å². The molecule has 0 bridgehead atoms. The van der Waals surface area contributed by atoms with Crippen LogP contribution in [0.5, 0.6) is 5.88 Å². The van der Waals surface area contributed by atoms with Gasteiger partial charge in [0.2, 0.25) is 5.88 Å². The lowest BCUT2D eigenvalue weighted by atomic mass is 10.0. The third-order valence-corrected chi connectivity index (χ3v) is 3.97. The highest BCUT2D eigenvalue weighted by atomic mass is 16.5. The van der Waals surface area contributed by atoms with Gasteiger partial charge in [-0.05, 0) is 25.5 Å². The summed E-state index contributed by atoms with van der Waals surface area (Å²) in [6.45, 7) is 4.75. The highest BCUT2D eigenvalue weighted by Crippen LogP contribution is 2.19. The predicted octanol–water partition coefficient (Wildman–Crippen LogP) is 1.68. The summed E-state index contributed by atoms with van der Waals surface area (Å²) < 4.78 is 10.3. The van der Waals surface area contributed by atoms with Crippen molar-refractivity contribution in [3.8, 4) is 5.88 Å². The van der Waals surface area contributed by atoms with E-state index >= 15 is 0 Å². The topological polar surface area (TPSA) is 46.6 Å². The van der Waals surface area contributed by atoms with Crippen molar-refractivity contribution >= 4 is 0 Å². The SMILES string of the molecule is COCCNCC1CCCCN1Cc1cccc(OC)n1. The number of nitrogens with zero attached hydrogens (tertiary/aromatic N) is 2. The summed E-state index contributed by atoms with van der Waals surface area (Å²) in [5.41, 5.74) is 1.08. The normalized spacial score (nSPS) is 19.6. The van der Waals surface area contributed by atoms with Gasteiger partial charge in [0, 0.05) is 38.9 Å². The number of nitrogens with one attached hydrogen (secondary N) is 1. The van der Waals surface area contributed by atoms with Crippen molar-refractivity contribution in [2.75, 3.05) is 40.5 Å². The molecule has 5 heteroatoms. The van der Waals surface area contributed by atoms with E-state index < -0.39 is 0 Å². The minimum Gasteiger partial charge on any atom is -0.481 e. The lowest BCUT2D eigenvalue weighted by Crippen LogP contribution is -2.45. The fourth-order valence-electron chi connectivity index (χ4n) is 2.81. The maximum Gasteiger partial charge on any atom is 0.213 e. The minimum atomic E-state index is 0.587. The van der Waals surface area contributed by atoms with Gasteiger partial charge in [0.15, 0.2) is 0 Å². The van der Waals surface area contributed by atoms with Crippen LogP contribution in [-0.4, -0.2) is 56.4 Å². The summed E-state index contributed by atoms with van der Waals surface area (Å²) in [5, 5.41) is 3.48. The second-order valence-electron chi connectivity index (χ2n) is 5.49. The van der Waals surface area contributed by atoms with E-state index in [4.69, 9.17) is 9.47 Å². The van der Waals surface area contributed by atoms with Crippen LogP contribution in [0.2, 0.25) is 0 Å². The Morgan fingerprint density at radius 2 is 2.24 bits per heavy atom. The first kappa shape index (κ1) is 16.2. The molecule has 1 saturated heterocycles. The van der Waals surface area contributed by atoms with Gasteiger partial charge in [0.25, 0.3) is 0 Å². The molecule has 0 spiro atoms. The molecule has 1 aliphatic rings. The number of rotatable bonds is 8. The molecule has 1 atom stereocenters. The van der Waals surface area contributed by atoms with E-state index in [0.29, 0.717) is 11.9 Å². The molecule has 1 unspecified atom stereocenters. The zero-order valence-electron chi connectivity index (χ0n) is 13.2. The van der Waals surface area contributed by atoms with Crippen molar-refractivity contribution in [2.45, 2.75) is 31.8 Å². The van der Waals surface area contributed by atoms with Crippen LogP contribution in [0, 0.1) is 0 Å². The van der Waals surface area contributed by atoms with Crippen molar-refractivity contribution in [1.29, 1.82) is 0 Å². The number of methoxy groups -OCH3 is 2. The number of hydrogen-bond donors (Lipinski definition) is 1. The predicted molar refractivity (Wildman–Crippen MR) is 83.6 cm³/mol. The summed E-state index contributed by atoms with van der Waals surface area (Å²) in [6, 6.07) is 6.57. The Morgan fingerprint density at radius 1 is 1.33 bits per heavy atom. The first-order valence-electron chi connectivity index (χ1n) is 7.77. The van der Waals surface area contributed by atoms with Crippen molar-refractivity contribution in [3.05, 3.63) is 23.9 Å². The van der Waals surface area contributed by atoms with Gasteiger partial charge < -0.3 is 14.8 Å². The summed E-state index contributed by atoms with van der Waals surface area (Å²) in [5.74, 6) is 0.694. The largest absolute Gasteiger partial charge is 0.481 e. The number of piperidine rings is 1. The molecule has 1 aromatic rings. The Balaban J connectivity index is 1.88. The van der Waals surface area contributed by atoms with Crippen molar-refractivity contribution in [2.24, 2.45) is 0 Å². The smallest absolute Gasteiger partial charge is 0.213 e. The van der Waals surface area contributed by atoms with E-state index in [1.165, 1.54) is 19.3 Å². The quantitative estimate of drug-likeness (QED) is 0.739. The molecule has 21 heavy (non-hydrogen) atoms. The number of pyridine rings is 1. The molecule has 5 nitrogen and oxygen atoms in total. The average molecular weight is 293 g/mol. The Labute approximate surface area is 127 Å². The molecule has 1 N–H and O–H groups in total. The van der Waals surface area contributed by atoms with E-state index in [1.54, 1.807) is 14.2 Å². The van der Waals surface area contributed by atoms with Crippen LogP contribution in [0.15, 0.2) is 18.2 Å². The minimum absolute atomic E-state index is 0.587. The first-order valence-corrected chi connectivity index (χ1v) is 7.77. The maximum atomic E-state index is 5.21. The molecule has 118 valence electrons. The molecule has 0 amide bonds. The zero-order chi connectivity index (χ0) is 14.9. The fraction of sp³-hybridized carbons (Fsp3) is 0.688. The van der Waals surface area contributed by atoms with Gasteiger partial charge >= 0.3 is 0 Å². The van der Waals surface area contributed by atoms with Crippen LogP contribution in [0.3, 0.4) is 0 Å². The second-order valence-corrected chi connectivity index (χ2v) is 5.49. The summed E-state index contributed by atoms with van der Waals surface area (Å²) in [6.07, 6.45) is 3.85. The third kappa shape index (κ3) is 5.26. The van der Waals surface area contributed by atoms with Crippen molar-refractivity contribution in [1.82, 2.24) is 15.2 Å². The maximum absolute atomic E-state index is 5.21. The second kappa shape index (κ2) is 8.97. The van der Waals surface area contributed by atoms with Gasteiger partial charge in [-0.15, -0.1) is 0 Å². The van der Waals surface area contributed by atoms with E-state index in [2.05, 4.69) is 21.3 Å². The van der Waals surface area contributed by atoms with E-state index in [9.17, 15) is 0 Å². The molecular weight excluding hydrogens is 266 g/mol. The first-order chi connectivity index (χ1) is 10.3. The summed E-state index contributed by atoms with van der Waals surface area (Å²) in [4.78, 5) is 7.06. The van der Waals surface area contributed by atoms with Crippen molar-refractivity contribution < 1.29 is 9.47 Å². The van der Waals surface area contributed by atoms with E-state index in [0.717, 1.165) is 38.5 Å². The molecule has 0 radical (unpaired) electrons. The van der Waals surface area contributed by atoms with Crippen molar-refractivity contribution in [3.63, 3.8) is 0 Å². The van der Waals surface area contributed by atoms with E-state index in [-0.39, 0.29) is 0 Å². The molecule has 0 aliphatic carbocycles. The Bertz CT molecular complexity index is 414. The number of ether oxygens (including phenoxy) is 2. The Morgan fingerprint density at radius 3 is 3.05 bits per heavy atom. The van der Waals surface area contributed by atoms with E-state index in [1.807, 2.05) is 12.1 Å². The van der Waals surface area contributed by atoms with Gasteiger partial charge in [-0.2, -0.15) is 0 Å². The monoisotopic (exact) mass is 293 g/mol. The molecule has 2 heterocycles. The number of hydrogen-bond acceptors (Lipinski definition) is 5. The van der Waals surface area contributed by atoms with Crippen LogP contribution >= 0.6 is 0 Å². The Hall–Kier alpha value is -1.17. The third-order valence-electron chi connectivity index (χ3n) is 3.97. The summed E-state index contributed by atoms with van der Waals surface area (Å²) in [7, 11) is 3.40. The van der Waals surface area contributed by atoms with Gasteiger partial charge in [-0.25, -0.2) is 4.98 Å². The van der Waals surface area contributed by atoms with Crippen LogP contribution in [0.25, 0.3) is 0 Å². The average Bonchev–Trinajstić information content (AvgIpc) is 2.53. The van der Waals surface area contributed by atoms with Crippen LogP contribution in [-0.2, 0) is 11.3 Å². The zero-order valence-corrected chi connectivity index (χ0v) is 13.2.